The average molecular weight is 533 g/mol. The number of allylic oxidation sites excluding steroid dienone is 1. The Bertz CT molecular complexity index is 890. The van der Waals surface area contributed by atoms with Crippen molar-refractivity contribution in [2.24, 2.45) is 11.8 Å². The van der Waals surface area contributed by atoms with E-state index in [0.717, 1.165) is 57.8 Å². The van der Waals surface area contributed by atoms with Crippen LogP contribution in [0.15, 0.2) is 25.3 Å². The van der Waals surface area contributed by atoms with E-state index in [1.54, 1.807) is 22.7 Å². The maximum atomic E-state index is 14.4. The third kappa shape index (κ3) is 5.12. The van der Waals surface area contributed by atoms with Gasteiger partial charge in [-0.2, -0.15) is 0 Å². The van der Waals surface area contributed by atoms with E-state index in [1.165, 1.54) is 6.42 Å². The predicted molar refractivity (Wildman–Crippen MR) is 146 cm³/mol. The number of carbonyl (C=O) groups is 3. The van der Waals surface area contributed by atoms with E-state index < -0.39 is 27.4 Å². The van der Waals surface area contributed by atoms with Crippen molar-refractivity contribution in [2.75, 3.05) is 26.3 Å². The molecule has 0 aromatic carbocycles. The highest BCUT2D eigenvalue weighted by Crippen LogP contribution is 2.71. The third-order valence-electron chi connectivity index (χ3n) is 8.99. The summed E-state index contributed by atoms with van der Waals surface area (Å²) < 4.78 is 4.67. The minimum Gasteiger partial charge on any atom is -0.465 e. The Morgan fingerprint density at radius 3 is 2.59 bits per heavy atom. The molecule has 2 bridgehead atoms. The first-order valence-corrected chi connectivity index (χ1v) is 15.0. The summed E-state index contributed by atoms with van der Waals surface area (Å²) in [5.41, 5.74) is 0. The van der Waals surface area contributed by atoms with Crippen LogP contribution in [0.5, 0.6) is 0 Å². The first kappa shape index (κ1) is 28.2. The van der Waals surface area contributed by atoms with Crippen molar-refractivity contribution in [1.29, 1.82) is 0 Å². The molecule has 0 aromatic heterocycles. The topological polar surface area (TPSA) is 87.1 Å². The number of thioether (sulfide) groups is 1. The lowest BCUT2D eigenvalue weighted by molar-refractivity contribution is -0.155. The van der Waals surface area contributed by atoms with Crippen molar-refractivity contribution in [3.63, 3.8) is 0 Å². The second kappa shape index (κ2) is 11.9. The van der Waals surface area contributed by atoms with Crippen LogP contribution < -0.4 is 0 Å². The molecule has 1 saturated carbocycles. The molecule has 0 radical (unpaired) electrons. The molecular weight excluding hydrogens is 488 g/mol. The molecule has 0 aromatic rings. The van der Waals surface area contributed by atoms with E-state index in [1.807, 2.05) is 11.0 Å². The molecular formula is C29H44N2O5S. The number of rotatable bonds is 13. The van der Waals surface area contributed by atoms with Crippen molar-refractivity contribution in [3.8, 4) is 0 Å². The SMILES string of the molecule is C=CCCCCOC(=O)[C@@H]1[C@H]2C(=O)N(CCCO)C(C(=O)N(CC=C)C3CCCCC3)C23CC[C@@]1(C)S3. The normalized spacial score (nSPS) is 32.9. The summed E-state index contributed by atoms with van der Waals surface area (Å²) in [6.07, 6.45) is 13.4. The van der Waals surface area contributed by atoms with Gasteiger partial charge in [-0.05, 0) is 58.3 Å². The van der Waals surface area contributed by atoms with Gasteiger partial charge in [0.2, 0.25) is 11.8 Å². The van der Waals surface area contributed by atoms with E-state index >= 15 is 0 Å². The maximum Gasteiger partial charge on any atom is 0.311 e. The van der Waals surface area contributed by atoms with Gasteiger partial charge < -0.3 is 19.6 Å². The molecule has 7 nitrogen and oxygen atoms in total. The number of esters is 1. The van der Waals surface area contributed by atoms with Gasteiger partial charge in [0.15, 0.2) is 0 Å². The number of nitrogens with zero attached hydrogens (tertiary/aromatic N) is 2. The highest BCUT2D eigenvalue weighted by Gasteiger charge is 2.77. The Balaban J connectivity index is 1.63. The number of aliphatic hydroxyl groups excluding tert-OH is 1. The first-order valence-electron chi connectivity index (χ1n) is 14.1. The van der Waals surface area contributed by atoms with Crippen molar-refractivity contribution in [1.82, 2.24) is 9.80 Å². The molecule has 5 atom stereocenters. The average Bonchev–Trinajstić information content (AvgIpc) is 3.46. The lowest BCUT2D eigenvalue weighted by atomic mass is 9.66. The summed E-state index contributed by atoms with van der Waals surface area (Å²) in [4.78, 5) is 45.6. The zero-order valence-electron chi connectivity index (χ0n) is 22.4. The van der Waals surface area contributed by atoms with Crippen molar-refractivity contribution in [3.05, 3.63) is 25.3 Å². The van der Waals surface area contributed by atoms with Crippen LogP contribution in [0.2, 0.25) is 0 Å². The maximum absolute atomic E-state index is 14.4. The van der Waals surface area contributed by atoms with Crippen LogP contribution in [-0.4, -0.2) is 80.6 Å². The molecule has 1 spiro atoms. The van der Waals surface area contributed by atoms with E-state index in [-0.39, 0.29) is 30.4 Å². The summed E-state index contributed by atoms with van der Waals surface area (Å²) >= 11 is 1.68. The van der Waals surface area contributed by atoms with Gasteiger partial charge in [0, 0.05) is 30.5 Å². The van der Waals surface area contributed by atoms with Gasteiger partial charge in [0.1, 0.15) is 6.04 Å². The monoisotopic (exact) mass is 532 g/mol. The van der Waals surface area contributed by atoms with Gasteiger partial charge in [0.25, 0.3) is 0 Å². The van der Waals surface area contributed by atoms with Gasteiger partial charge in [-0.15, -0.1) is 24.9 Å². The van der Waals surface area contributed by atoms with E-state index in [2.05, 4.69) is 20.1 Å². The van der Waals surface area contributed by atoms with Gasteiger partial charge in [0.05, 0.1) is 23.2 Å². The molecule has 1 aliphatic carbocycles. The minimum atomic E-state index is -0.640. The summed E-state index contributed by atoms with van der Waals surface area (Å²) in [6.45, 7) is 10.8. The molecule has 4 aliphatic rings. The number of amides is 2. The lowest BCUT2D eigenvalue weighted by Gasteiger charge is -2.41. The summed E-state index contributed by atoms with van der Waals surface area (Å²) in [5, 5.41) is 9.58. The fraction of sp³-hybridized carbons (Fsp3) is 0.759. The Labute approximate surface area is 226 Å². The standard InChI is InChI=1S/C29H44N2O5S/c1-4-6-7-11-20-36-27(35)23-22-25(33)31(18-12-19-32)24(29(22)16-15-28(23,3)37-29)26(34)30(17-5-2)21-13-9-8-10-14-21/h4-5,21-24,32H,1-2,6-20H2,3H3/t22-,23-,24?,28+,29?/m0/s1. The van der Waals surface area contributed by atoms with Gasteiger partial charge >= 0.3 is 5.97 Å². The first-order chi connectivity index (χ1) is 17.8. The van der Waals surface area contributed by atoms with E-state index in [4.69, 9.17) is 4.74 Å². The Morgan fingerprint density at radius 2 is 1.92 bits per heavy atom. The Hall–Kier alpha value is -1.80. The van der Waals surface area contributed by atoms with Crippen molar-refractivity contribution in [2.45, 2.75) is 99.1 Å². The molecule has 8 heteroatoms. The number of likely N-dealkylation sites (tertiary alicyclic amines) is 1. The fourth-order valence-corrected chi connectivity index (χ4v) is 9.64. The van der Waals surface area contributed by atoms with Crippen molar-refractivity contribution < 1.29 is 24.2 Å². The highest BCUT2D eigenvalue weighted by atomic mass is 32.2. The van der Waals surface area contributed by atoms with Crippen molar-refractivity contribution >= 4 is 29.5 Å². The number of carbonyl (C=O) groups excluding carboxylic acids is 3. The Kier molecular flexibility index (Phi) is 9.10. The zero-order valence-corrected chi connectivity index (χ0v) is 23.2. The van der Waals surface area contributed by atoms with Crippen LogP contribution in [0.4, 0.5) is 0 Å². The van der Waals surface area contributed by atoms with E-state index in [0.29, 0.717) is 26.1 Å². The van der Waals surface area contributed by atoms with Crippen LogP contribution in [-0.2, 0) is 19.1 Å². The van der Waals surface area contributed by atoms with Crippen LogP contribution >= 0.6 is 11.8 Å². The lowest BCUT2D eigenvalue weighted by Crippen LogP contribution is -2.57. The third-order valence-corrected chi connectivity index (χ3v) is 11.0. The number of hydrogen-bond donors (Lipinski definition) is 1. The molecule has 206 valence electrons. The summed E-state index contributed by atoms with van der Waals surface area (Å²) in [5.74, 6) is -1.58. The second-order valence-corrected chi connectivity index (χ2v) is 13.3. The second-order valence-electron chi connectivity index (χ2n) is 11.4. The number of unbranched alkanes of at least 4 members (excludes halogenated alkanes) is 2. The van der Waals surface area contributed by atoms with Gasteiger partial charge in [-0.3, -0.25) is 14.4 Å². The zero-order chi connectivity index (χ0) is 26.6. The summed E-state index contributed by atoms with van der Waals surface area (Å²) in [7, 11) is 0. The number of ether oxygens (including phenoxy) is 1. The van der Waals surface area contributed by atoms with Crippen LogP contribution in [0.25, 0.3) is 0 Å². The Morgan fingerprint density at radius 1 is 1.16 bits per heavy atom. The molecule has 37 heavy (non-hydrogen) atoms. The predicted octanol–water partition coefficient (Wildman–Crippen LogP) is 4.10. The van der Waals surface area contributed by atoms with Gasteiger partial charge in [-0.25, -0.2) is 0 Å². The molecule has 2 amide bonds. The largest absolute Gasteiger partial charge is 0.465 e. The minimum absolute atomic E-state index is 0.0178. The highest BCUT2D eigenvalue weighted by molar-refractivity contribution is 8.02. The van der Waals surface area contributed by atoms with Crippen LogP contribution in [0.1, 0.15) is 77.6 Å². The molecule has 3 saturated heterocycles. The van der Waals surface area contributed by atoms with Crippen LogP contribution in [0, 0.1) is 11.8 Å². The number of fused-ring (bicyclic) bond motifs is 1. The molecule has 4 rings (SSSR count). The fourth-order valence-electron chi connectivity index (χ4n) is 7.31. The number of aliphatic hydroxyl groups is 1. The smallest absolute Gasteiger partial charge is 0.311 e. The molecule has 3 aliphatic heterocycles. The molecule has 2 unspecified atom stereocenters. The quantitative estimate of drug-likeness (QED) is 0.218. The molecule has 1 N–H and O–H groups in total. The summed E-state index contributed by atoms with van der Waals surface area (Å²) in [6, 6.07) is -0.476. The van der Waals surface area contributed by atoms with Gasteiger partial charge in [-0.1, -0.05) is 31.4 Å². The molecule has 3 heterocycles. The van der Waals surface area contributed by atoms with E-state index in [9.17, 15) is 19.5 Å². The number of hydrogen-bond acceptors (Lipinski definition) is 6. The van der Waals surface area contributed by atoms with Crippen LogP contribution in [0.3, 0.4) is 0 Å². The molecule has 4 fully saturated rings.